The first-order valence-corrected chi connectivity index (χ1v) is 10.7. The molecule has 6 nitrogen and oxygen atoms in total. The Labute approximate surface area is 162 Å². The number of nitrogens with zero attached hydrogens (tertiary/aromatic N) is 2. The van der Waals surface area contributed by atoms with Crippen LogP contribution in [-0.4, -0.2) is 56.3 Å². The second kappa shape index (κ2) is 7.96. The van der Waals surface area contributed by atoms with Crippen molar-refractivity contribution in [3.8, 4) is 5.75 Å². The van der Waals surface area contributed by atoms with Crippen molar-refractivity contribution in [2.75, 3.05) is 32.8 Å². The van der Waals surface area contributed by atoms with Gasteiger partial charge in [0, 0.05) is 36.1 Å². The Kier molecular flexibility index (Phi) is 5.86. The zero-order valence-corrected chi connectivity index (χ0v) is 16.6. The van der Waals surface area contributed by atoms with Gasteiger partial charge in [-0.15, -0.1) is 11.3 Å². The molecule has 1 amide bonds. The summed E-state index contributed by atoms with van der Waals surface area (Å²) in [5.41, 5.74) is 0. The lowest BCUT2D eigenvalue weighted by atomic mass is 10.3. The summed E-state index contributed by atoms with van der Waals surface area (Å²) in [6.45, 7) is 3.07. The first kappa shape index (κ1) is 19.2. The van der Waals surface area contributed by atoms with Crippen molar-refractivity contribution < 1.29 is 17.9 Å². The number of carbonyl (C=O) groups is 1. The fraction of sp³-hybridized carbons (Fsp3) is 0.353. The molecule has 1 aliphatic rings. The number of rotatable bonds is 5. The van der Waals surface area contributed by atoms with Crippen molar-refractivity contribution in [1.29, 1.82) is 0 Å². The van der Waals surface area contributed by atoms with Crippen LogP contribution >= 0.6 is 22.9 Å². The SMILES string of the molecule is Cc1ccc(S(=O)(=O)N2CCN(C(=O)COc3ccc(Cl)cc3)CC2)s1. The quantitative estimate of drug-likeness (QED) is 0.754. The van der Waals surface area contributed by atoms with E-state index in [4.69, 9.17) is 16.3 Å². The minimum Gasteiger partial charge on any atom is -0.484 e. The highest BCUT2D eigenvalue weighted by atomic mass is 35.5. The fourth-order valence-corrected chi connectivity index (χ4v) is 5.61. The molecule has 3 rings (SSSR count). The number of ether oxygens (including phenoxy) is 1. The second-order valence-electron chi connectivity index (χ2n) is 5.89. The Morgan fingerprint density at radius 2 is 1.77 bits per heavy atom. The molecular formula is C17H19ClN2O4S2. The van der Waals surface area contributed by atoms with Gasteiger partial charge in [-0.25, -0.2) is 8.42 Å². The second-order valence-corrected chi connectivity index (χ2v) is 9.78. The van der Waals surface area contributed by atoms with Crippen LogP contribution in [-0.2, 0) is 14.8 Å². The first-order valence-electron chi connectivity index (χ1n) is 8.09. The Balaban J connectivity index is 1.53. The van der Waals surface area contributed by atoms with Gasteiger partial charge in [0.05, 0.1) is 0 Å². The van der Waals surface area contributed by atoms with Crippen molar-refractivity contribution in [2.45, 2.75) is 11.1 Å². The van der Waals surface area contributed by atoms with E-state index in [2.05, 4.69) is 0 Å². The Hall–Kier alpha value is -1.61. The van der Waals surface area contributed by atoms with Crippen LogP contribution in [0, 0.1) is 6.92 Å². The third-order valence-electron chi connectivity index (χ3n) is 4.08. The minimum atomic E-state index is -3.48. The van der Waals surface area contributed by atoms with Gasteiger partial charge in [0.25, 0.3) is 15.9 Å². The van der Waals surface area contributed by atoms with Crippen molar-refractivity contribution in [1.82, 2.24) is 9.21 Å². The van der Waals surface area contributed by atoms with Gasteiger partial charge in [0.1, 0.15) is 9.96 Å². The van der Waals surface area contributed by atoms with E-state index in [-0.39, 0.29) is 25.6 Å². The molecule has 0 radical (unpaired) electrons. The molecule has 0 aliphatic carbocycles. The van der Waals surface area contributed by atoms with Crippen molar-refractivity contribution >= 4 is 38.9 Å². The van der Waals surface area contributed by atoms with E-state index in [1.165, 1.54) is 15.6 Å². The van der Waals surface area contributed by atoms with E-state index in [0.29, 0.717) is 28.1 Å². The van der Waals surface area contributed by atoms with Crippen LogP contribution in [0.2, 0.25) is 5.02 Å². The highest BCUT2D eigenvalue weighted by Gasteiger charge is 2.31. The maximum atomic E-state index is 12.6. The summed E-state index contributed by atoms with van der Waals surface area (Å²) in [5.74, 6) is 0.404. The summed E-state index contributed by atoms with van der Waals surface area (Å²) >= 11 is 7.07. The molecule has 0 spiro atoms. The van der Waals surface area contributed by atoms with Gasteiger partial charge in [-0.1, -0.05) is 11.6 Å². The largest absolute Gasteiger partial charge is 0.484 e. The van der Waals surface area contributed by atoms with Crippen LogP contribution in [0.3, 0.4) is 0 Å². The third kappa shape index (κ3) is 4.37. The van der Waals surface area contributed by atoms with E-state index in [1.807, 2.05) is 6.92 Å². The van der Waals surface area contributed by atoms with Gasteiger partial charge in [-0.3, -0.25) is 4.79 Å². The van der Waals surface area contributed by atoms with Gasteiger partial charge in [0.2, 0.25) is 0 Å². The number of sulfonamides is 1. The monoisotopic (exact) mass is 414 g/mol. The zero-order valence-electron chi connectivity index (χ0n) is 14.2. The van der Waals surface area contributed by atoms with E-state index in [0.717, 1.165) is 4.88 Å². The molecule has 1 aromatic heterocycles. The van der Waals surface area contributed by atoms with Gasteiger partial charge in [-0.2, -0.15) is 4.31 Å². The van der Waals surface area contributed by atoms with Crippen molar-refractivity contribution in [3.05, 3.63) is 46.3 Å². The first-order chi connectivity index (χ1) is 12.4. The molecule has 0 atom stereocenters. The number of piperazine rings is 1. The van der Waals surface area contributed by atoms with Crippen LogP contribution < -0.4 is 4.74 Å². The Morgan fingerprint density at radius 1 is 1.12 bits per heavy atom. The standard InChI is InChI=1S/C17H19ClN2O4S2/c1-13-2-7-17(25-13)26(22,23)20-10-8-19(9-11-20)16(21)12-24-15-5-3-14(18)4-6-15/h2-7H,8-12H2,1H3. The molecule has 2 aromatic rings. The van der Waals surface area contributed by atoms with Gasteiger partial charge >= 0.3 is 0 Å². The lowest BCUT2D eigenvalue weighted by Gasteiger charge is -2.33. The summed E-state index contributed by atoms with van der Waals surface area (Å²) in [5, 5.41) is 0.599. The number of hydrogen-bond donors (Lipinski definition) is 0. The fourth-order valence-electron chi connectivity index (χ4n) is 2.62. The average Bonchev–Trinajstić information content (AvgIpc) is 3.08. The summed E-state index contributed by atoms with van der Waals surface area (Å²) in [6, 6.07) is 10.2. The summed E-state index contributed by atoms with van der Waals surface area (Å²) in [4.78, 5) is 14.9. The maximum Gasteiger partial charge on any atom is 0.260 e. The number of amides is 1. The van der Waals surface area contributed by atoms with Crippen LogP contribution in [0.15, 0.2) is 40.6 Å². The van der Waals surface area contributed by atoms with Gasteiger partial charge < -0.3 is 9.64 Å². The third-order valence-corrected chi connectivity index (χ3v) is 7.70. The number of halogens is 1. The topological polar surface area (TPSA) is 66.9 Å². The van der Waals surface area contributed by atoms with Crippen LogP contribution in [0.1, 0.15) is 4.88 Å². The number of aryl methyl sites for hydroxylation is 1. The number of thiophene rings is 1. The molecule has 1 fully saturated rings. The van der Waals surface area contributed by atoms with Gasteiger partial charge in [-0.05, 0) is 43.3 Å². The molecule has 140 valence electrons. The smallest absolute Gasteiger partial charge is 0.260 e. The van der Waals surface area contributed by atoms with Crippen LogP contribution in [0.4, 0.5) is 0 Å². The predicted molar refractivity (Wildman–Crippen MR) is 101 cm³/mol. The van der Waals surface area contributed by atoms with E-state index in [9.17, 15) is 13.2 Å². The molecule has 26 heavy (non-hydrogen) atoms. The van der Waals surface area contributed by atoms with E-state index in [1.54, 1.807) is 41.3 Å². The molecule has 2 heterocycles. The molecular weight excluding hydrogens is 396 g/mol. The molecule has 0 bridgehead atoms. The number of benzene rings is 1. The van der Waals surface area contributed by atoms with Crippen molar-refractivity contribution in [2.24, 2.45) is 0 Å². The lowest BCUT2D eigenvalue weighted by Crippen LogP contribution is -2.51. The normalized spacial score (nSPS) is 15.8. The molecule has 0 saturated carbocycles. The summed E-state index contributed by atoms with van der Waals surface area (Å²) < 4.78 is 32.5. The molecule has 1 aliphatic heterocycles. The average molecular weight is 415 g/mol. The molecule has 1 aromatic carbocycles. The van der Waals surface area contributed by atoms with E-state index < -0.39 is 10.0 Å². The molecule has 9 heteroatoms. The number of hydrogen-bond acceptors (Lipinski definition) is 5. The molecule has 0 N–H and O–H groups in total. The van der Waals surface area contributed by atoms with E-state index >= 15 is 0 Å². The minimum absolute atomic E-state index is 0.0848. The van der Waals surface area contributed by atoms with Gasteiger partial charge in [0.15, 0.2) is 6.61 Å². The zero-order chi connectivity index (χ0) is 18.7. The highest BCUT2D eigenvalue weighted by Crippen LogP contribution is 2.25. The maximum absolute atomic E-state index is 12.6. The van der Waals surface area contributed by atoms with Crippen LogP contribution in [0.25, 0.3) is 0 Å². The summed E-state index contributed by atoms with van der Waals surface area (Å²) in [6.07, 6.45) is 0. The van der Waals surface area contributed by atoms with Crippen LogP contribution in [0.5, 0.6) is 5.75 Å². The van der Waals surface area contributed by atoms with Crippen molar-refractivity contribution in [3.63, 3.8) is 0 Å². The Morgan fingerprint density at radius 3 is 2.35 bits per heavy atom. The Bertz CT molecular complexity index is 872. The lowest BCUT2D eigenvalue weighted by molar-refractivity contribution is -0.134. The molecule has 1 saturated heterocycles. The predicted octanol–water partition coefficient (Wildman–Crippen LogP) is 2.62. The highest BCUT2D eigenvalue weighted by molar-refractivity contribution is 7.91. The molecule has 0 unspecified atom stereocenters. The summed E-state index contributed by atoms with van der Waals surface area (Å²) in [7, 11) is -3.48. The number of carbonyl (C=O) groups excluding carboxylic acids is 1.